The van der Waals surface area contributed by atoms with Gasteiger partial charge in [-0.05, 0) is 24.3 Å². The predicted molar refractivity (Wildman–Crippen MR) is 73.8 cm³/mol. The van der Waals surface area contributed by atoms with Crippen molar-refractivity contribution in [1.82, 2.24) is 10.3 Å². The Balaban J connectivity index is 1.83. The van der Waals surface area contributed by atoms with Gasteiger partial charge in [-0.1, -0.05) is 11.6 Å². The number of benzene rings is 1. The lowest BCUT2D eigenvalue weighted by Gasteiger charge is -2.06. The molecular formula is C11H11ClN4OS. The van der Waals surface area contributed by atoms with Gasteiger partial charge >= 0.3 is 6.03 Å². The Bertz CT molecular complexity index is 540. The molecule has 2 rings (SSSR count). The highest BCUT2D eigenvalue weighted by molar-refractivity contribution is 7.13. The average molecular weight is 283 g/mol. The van der Waals surface area contributed by atoms with Crippen molar-refractivity contribution in [1.29, 1.82) is 0 Å². The number of carbonyl (C=O) groups excluding carboxylic acids is 1. The van der Waals surface area contributed by atoms with Gasteiger partial charge in [-0.25, -0.2) is 9.78 Å². The van der Waals surface area contributed by atoms with Gasteiger partial charge in [-0.3, -0.25) is 0 Å². The molecular weight excluding hydrogens is 272 g/mol. The Labute approximate surface area is 113 Å². The molecule has 0 unspecified atom stereocenters. The quantitative estimate of drug-likeness (QED) is 0.810. The van der Waals surface area contributed by atoms with Crippen LogP contribution in [0.2, 0.25) is 5.02 Å². The molecule has 0 fully saturated rings. The van der Waals surface area contributed by atoms with Crippen LogP contribution in [0.15, 0.2) is 29.6 Å². The van der Waals surface area contributed by atoms with Gasteiger partial charge in [0.1, 0.15) is 0 Å². The first-order chi connectivity index (χ1) is 8.63. The summed E-state index contributed by atoms with van der Waals surface area (Å²) in [5, 5.41) is 8.28. The minimum Gasteiger partial charge on any atom is -0.375 e. The van der Waals surface area contributed by atoms with Crippen LogP contribution in [0.5, 0.6) is 0 Å². The number of aromatic nitrogens is 1. The fraction of sp³-hybridized carbons (Fsp3) is 0.0909. The Morgan fingerprint density at radius 1 is 1.39 bits per heavy atom. The molecule has 5 nitrogen and oxygen atoms in total. The molecule has 4 N–H and O–H groups in total. The fourth-order valence-electron chi connectivity index (χ4n) is 1.28. The number of anilines is 2. The number of nitrogens with one attached hydrogen (secondary N) is 2. The first-order valence-electron chi connectivity index (χ1n) is 5.14. The Hall–Kier alpha value is -1.79. The van der Waals surface area contributed by atoms with Crippen LogP contribution in [-0.4, -0.2) is 11.0 Å². The number of amides is 2. The van der Waals surface area contributed by atoms with E-state index in [1.54, 1.807) is 29.6 Å². The molecule has 0 saturated carbocycles. The number of thiazole rings is 1. The average Bonchev–Trinajstić information content (AvgIpc) is 2.76. The summed E-state index contributed by atoms with van der Waals surface area (Å²) in [7, 11) is 0. The number of rotatable bonds is 3. The molecule has 1 aromatic heterocycles. The standard InChI is InChI=1S/C11H11ClN4OS/c12-7-1-3-8(4-2-7)16-11(17)14-5-9-6-18-10(13)15-9/h1-4,6H,5H2,(H2,13,15)(H2,14,16,17). The summed E-state index contributed by atoms with van der Waals surface area (Å²) in [5.74, 6) is 0. The second-order valence-corrected chi connectivity index (χ2v) is 4.82. The van der Waals surface area contributed by atoms with Crippen molar-refractivity contribution >= 4 is 39.8 Å². The zero-order valence-electron chi connectivity index (χ0n) is 9.31. The molecule has 94 valence electrons. The minimum atomic E-state index is -0.302. The van der Waals surface area contributed by atoms with Crippen molar-refractivity contribution in [2.24, 2.45) is 0 Å². The first kappa shape index (κ1) is 12.7. The highest BCUT2D eigenvalue weighted by atomic mass is 35.5. The summed E-state index contributed by atoms with van der Waals surface area (Å²) in [5.41, 5.74) is 6.90. The predicted octanol–water partition coefficient (Wildman–Crippen LogP) is 2.70. The van der Waals surface area contributed by atoms with Crippen molar-refractivity contribution in [3.8, 4) is 0 Å². The topological polar surface area (TPSA) is 80.0 Å². The zero-order chi connectivity index (χ0) is 13.0. The van der Waals surface area contributed by atoms with Crippen molar-refractivity contribution in [3.63, 3.8) is 0 Å². The second kappa shape index (κ2) is 5.70. The maximum atomic E-state index is 11.6. The van der Waals surface area contributed by atoms with Crippen molar-refractivity contribution in [3.05, 3.63) is 40.4 Å². The maximum absolute atomic E-state index is 11.6. The highest BCUT2D eigenvalue weighted by Gasteiger charge is 2.03. The van der Waals surface area contributed by atoms with Gasteiger partial charge in [-0.2, -0.15) is 0 Å². The van der Waals surface area contributed by atoms with E-state index in [1.165, 1.54) is 11.3 Å². The highest BCUT2D eigenvalue weighted by Crippen LogP contribution is 2.13. The molecule has 0 spiro atoms. The molecule has 0 bridgehead atoms. The van der Waals surface area contributed by atoms with Crippen molar-refractivity contribution in [2.45, 2.75) is 6.54 Å². The summed E-state index contributed by atoms with van der Waals surface area (Å²) in [6.45, 7) is 0.340. The fourth-order valence-corrected chi connectivity index (χ4v) is 1.97. The normalized spacial score (nSPS) is 10.1. The Morgan fingerprint density at radius 3 is 2.72 bits per heavy atom. The number of carbonyl (C=O) groups is 1. The van der Waals surface area contributed by atoms with Gasteiger partial charge in [0.15, 0.2) is 5.13 Å². The number of halogens is 1. The van der Waals surface area contributed by atoms with Gasteiger partial charge in [0, 0.05) is 16.1 Å². The second-order valence-electron chi connectivity index (χ2n) is 3.49. The summed E-state index contributed by atoms with van der Waals surface area (Å²) in [4.78, 5) is 15.6. The van der Waals surface area contributed by atoms with E-state index < -0.39 is 0 Å². The Morgan fingerprint density at radius 2 is 2.11 bits per heavy atom. The van der Waals surface area contributed by atoms with E-state index in [0.29, 0.717) is 22.4 Å². The van der Waals surface area contributed by atoms with E-state index in [-0.39, 0.29) is 6.03 Å². The molecule has 0 radical (unpaired) electrons. The first-order valence-corrected chi connectivity index (χ1v) is 6.39. The van der Waals surface area contributed by atoms with Gasteiger partial charge in [0.25, 0.3) is 0 Å². The lowest BCUT2D eigenvalue weighted by Crippen LogP contribution is -2.28. The molecule has 0 atom stereocenters. The van der Waals surface area contributed by atoms with Crippen LogP contribution >= 0.6 is 22.9 Å². The van der Waals surface area contributed by atoms with Gasteiger partial charge < -0.3 is 16.4 Å². The van der Waals surface area contributed by atoms with Crippen molar-refractivity contribution < 1.29 is 4.79 Å². The largest absolute Gasteiger partial charge is 0.375 e. The maximum Gasteiger partial charge on any atom is 0.319 e. The van der Waals surface area contributed by atoms with Crippen LogP contribution in [0.1, 0.15) is 5.69 Å². The molecule has 0 aliphatic heterocycles. The van der Waals surface area contributed by atoms with Crippen LogP contribution in [-0.2, 0) is 6.54 Å². The molecule has 2 aromatic rings. The number of nitrogen functional groups attached to an aromatic ring is 1. The number of hydrogen-bond donors (Lipinski definition) is 3. The van der Waals surface area contributed by atoms with Gasteiger partial charge in [-0.15, -0.1) is 11.3 Å². The molecule has 18 heavy (non-hydrogen) atoms. The summed E-state index contributed by atoms with van der Waals surface area (Å²) in [6, 6.07) is 6.56. The smallest absolute Gasteiger partial charge is 0.319 e. The lowest BCUT2D eigenvalue weighted by atomic mass is 10.3. The molecule has 1 aromatic carbocycles. The van der Waals surface area contributed by atoms with Gasteiger partial charge in [0.2, 0.25) is 0 Å². The van der Waals surface area contributed by atoms with E-state index >= 15 is 0 Å². The third-order valence-corrected chi connectivity index (χ3v) is 3.08. The van der Waals surface area contributed by atoms with Crippen LogP contribution < -0.4 is 16.4 Å². The van der Waals surface area contributed by atoms with Gasteiger partial charge in [0.05, 0.1) is 12.2 Å². The SMILES string of the molecule is Nc1nc(CNC(=O)Nc2ccc(Cl)cc2)cs1. The molecule has 2 amide bonds. The number of urea groups is 1. The van der Waals surface area contributed by atoms with E-state index in [1.807, 2.05) is 0 Å². The van der Waals surface area contributed by atoms with Crippen molar-refractivity contribution in [2.75, 3.05) is 11.1 Å². The molecule has 7 heteroatoms. The third kappa shape index (κ3) is 3.61. The third-order valence-electron chi connectivity index (χ3n) is 2.10. The van der Waals surface area contributed by atoms with E-state index in [2.05, 4.69) is 15.6 Å². The van der Waals surface area contributed by atoms with E-state index in [0.717, 1.165) is 5.69 Å². The zero-order valence-corrected chi connectivity index (χ0v) is 10.9. The molecule has 0 aliphatic carbocycles. The monoisotopic (exact) mass is 282 g/mol. The van der Waals surface area contributed by atoms with Crippen LogP contribution in [0.25, 0.3) is 0 Å². The van der Waals surface area contributed by atoms with Crippen LogP contribution in [0.3, 0.4) is 0 Å². The summed E-state index contributed by atoms with van der Waals surface area (Å²) >= 11 is 7.09. The van der Waals surface area contributed by atoms with E-state index in [4.69, 9.17) is 17.3 Å². The Kier molecular flexibility index (Phi) is 4.01. The van der Waals surface area contributed by atoms with Crippen LogP contribution in [0, 0.1) is 0 Å². The summed E-state index contributed by atoms with van der Waals surface area (Å²) in [6.07, 6.45) is 0. The summed E-state index contributed by atoms with van der Waals surface area (Å²) < 4.78 is 0. The number of nitrogens with zero attached hydrogens (tertiary/aromatic N) is 1. The number of nitrogens with two attached hydrogens (primary N) is 1. The minimum absolute atomic E-state index is 0.302. The molecule has 0 saturated heterocycles. The van der Waals surface area contributed by atoms with E-state index in [9.17, 15) is 4.79 Å². The lowest BCUT2D eigenvalue weighted by molar-refractivity contribution is 0.251. The number of hydrogen-bond acceptors (Lipinski definition) is 4. The molecule has 0 aliphatic rings. The molecule has 1 heterocycles. The van der Waals surface area contributed by atoms with Crippen LogP contribution in [0.4, 0.5) is 15.6 Å².